The molecule has 0 aliphatic heterocycles. The van der Waals surface area contributed by atoms with E-state index in [1.807, 2.05) is 0 Å². The number of nitrogens with one attached hydrogen (secondary N) is 1. The van der Waals surface area contributed by atoms with Crippen molar-refractivity contribution in [3.05, 3.63) is 51.7 Å². The van der Waals surface area contributed by atoms with Gasteiger partial charge >= 0.3 is 5.97 Å². The number of esters is 1. The number of non-ortho nitro benzene ring substituents is 1. The molecule has 2 aromatic rings. The Kier molecular flexibility index (Phi) is 4.97. The van der Waals surface area contributed by atoms with Crippen molar-refractivity contribution in [2.75, 3.05) is 12.4 Å². The van der Waals surface area contributed by atoms with E-state index in [0.29, 0.717) is 5.82 Å². The van der Waals surface area contributed by atoms with Crippen LogP contribution in [0.1, 0.15) is 52.4 Å². The molecular formula is C17H18N4O5. The van der Waals surface area contributed by atoms with Gasteiger partial charge < -0.3 is 10.1 Å². The Labute approximate surface area is 149 Å². The van der Waals surface area contributed by atoms with E-state index in [9.17, 15) is 19.7 Å². The summed E-state index contributed by atoms with van der Waals surface area (Å²) in [4.78, 5) is 34.7. The van der Waals surface area contributed by atoms with Crippen LogP contribution in [0.4, 0.5) is 11.5 Å². The number of methoxy groups -OCH3 is 1. The predicted molar refractivity (Wildman–Crippen MR) is 92.1 cm³/mol. The lowest BCUT2D eigenvalue weighted by molar-refractivity contribution is -0.384. The minimum Gasteiger partial charge on any atom is -0.465 e. The highest BCUT2D eigenvalue weighted by molar-refractivity contribution is 6.05. The Balaban J connectivity index is 1.88. The van der Waals surface area contributed by atoms with Crippen molar-refractivity contribution in [1.82, 2.24) is 9.78 Å². The summed E-state index contributed by atoms with van der Waals surface area (Å²) in [5.74, 6) is -0.787. The summed E-state index contributed by atoms with van der Waals surface area (Å²) in [5, 5.41) is 18.1. The Morgan fingerprint density at radius 2 is 1.96 bits per heavy atom. The summed E-state index contributed by atoms with van der Waals surface area (Å²) in [6.07, 6.45) is 5.82. The van der Waals surface area contributed by atoms with Crippen molar-refractivity contribution < 1.29 is 19.2 Å². The molecule has 1 amide bonds. The number of anilines is 1. The predicted octanol–water partition coefficient (Wildman–Crippen LogP) is 2.95. The number of nitro groups is 1. The number of hydrogen-bond acceptors (Lipinski definition) is 6. The van der Waals surface area contributed by atoms with Crippen molar-refractivity contribution in [3.63, 3.8) is 0 Å². The first-order valence-electron chi connectivity index (χ1n) is 8.22. The van der Waals surface area contributed by atoms with Gasteiger partial charge in [0, 0.05) is 23.8 Å². The molecule has 1 aromatic heterocycles. The Morgan fingerprint density at radius 1 is 1.27 bits per heavy atom. The lowest BCUT2D eigenvalue weighted by Crippen LogP contribution is -2.18. The van der Waals surface area contributed by atoms with E-state index >= 15 is 0 Å². The van der Waals surface area contributed by atoms with Gasteiger partial charge in [0.1, 0.15) is 5.82 Å². The van der Waals surface area contributed by atoms with Crippen LogP contribution in [0.15, 0.2) is 30.5 Å². The van der Waals surface area contributed by atoms with Crippen molar-refractivity contribution in [1.29, 1.82) is 0 Å². The Bertz CT molecular complexity index is 855. The summed E-state index contributed by atoms with van der Waals surface area (Å²) in [6, 6.07) is 5.37. The highest BCUT2D eigenvalue weighted by Crippen LogP contribution is 2.31. The summed E-state index contributed by atoms with van der Waals surface area (Å²) < 4.78 is 6.36. The second-order valence-electron chi connectivity index (χ2n) is 6.07. The monoisotopic (exact) mass is 358 g/mol. The molecule has 9 heteroatoms. The van der Waals surface area contributed by atoms with Crippen molar-refractivity contribution >= 4 is 23.4 Å². The number of carbonyl (C=O) groups is 2. The molecule has 1 N–H and O–H groups in total. The number of benzene rings is 1. The quantitative estimate of drug-likeness (QED) is 0.499. The maximum atomic E-state index is 12.6. The third-order valence-electron chi connectivity index (χ3n) is 4.39. The summed E-state index contributed by atoms with van der Waals surface area (Å²) in [5.41, 5.74) is -0.419. The molecule has 136 valence electrons. The SMILES string of the molecule is COC(=O)c1cc(C(=O)Nc2ccnn2C2CCCC2)cc([N+](=O)[O-])c1. The number of nitro benzene ring substituents is 1. The number of amides is 1. The minimum atomic E-state index is -0.751. The lowest BCUT2D eigenvalue weighted by atomic mass is 10.1. The number of aromatic nitrogens is 2. The maximum absolute atomic E-state index is 12.6. The fraction of sp³-hybridized carbons (Fsp3) is 0.353. The van der Waals surface area contributed by atoms with Gasteiger partial charge in [-0.3, -0.25) is 14.9 Å². The van der Waals surface area contributed by atoms with Crippen LogP contribution < -0.4 is 5.32 Å². The maximum Gasteiger partial charge on any atom is 0.338 e. The molecule has 0 atom stereocenters. The van der Waals surface area contributed by atoms with Crippen LogP contribution in [0.25, 0.3) is 0 Å². The fourth-order valence-electron chi connectivity index (χ4n) is 3.12. The first-order chi connectivity index (χ1) is 12.5. The first-order valence-corrected chi connectivity index (χ1v) is 8.22. The van der Waals surface area contributed by atoms with Crippen LogP contribution in [0.5, 0.6) is 0 Å². The molecule has 3 rings (SSSR count). The van der Waals surface area contributed by atoms with E-state index in [0.717, 1.165) is 37.8 Å². The molecule has 26 heavy (non-hydrogen) atoms. The number of nitrogens with zero attached hydrogens (tertiary/aromatic N) is 3. The summed E-state index contributed by atoms with van der Waals surface area (Å²) in [6.45, 7) is 0. The van der Waals surface area contributed by atoms with Gasteiger partial charge in [0.25, 0.3) is 11.6 Å². The van der Waals surface area contributed by atoms with E-state index in [4.69, 9.17) is 0 Å². The van der Waals surface area contributed by atoms with Crippen molar-refractivity contribution in [3.8, 4) is 0 Å². The van der Waals surface area contributed by atoms with Gasteiger partial charge in [-0.1, -0.05) is 12.8 Å². The van der Waals surface area contributed by atoms with Gasteiger partial charge in [-0.2, -0.15) is 5.10 Å². The third kappa shape index (κ3) is 3.56. The number of carbonyl (C=O) groups excluding carboxylic acids is 2. The average Bonchev–Trinajstić information content (AvgIpc) is 3.31. The van der Waals surface area contributed by atoms with Crippen LogP contribution in [0.3, 0.4) is 0 Å². The standard InChI is InChI=1S/C17H18N4O5/c1-26-17(23)12-8-11(9-14(10-12)21(24)25)16(22)19-15-6-7-18-20(15)13-4-2-3-5-13/h6-10,13H,2-5H2,1H3,(H,19,22). The highest BCUT2D eigenvalue weighted by Gasteiger charge is 2.22. The first kappa shape index (κ1) is 17.6. The van der Waals surface area contributed by atoms with Crippen molar-refractivity contribution in [2.24, 2.45) is 0 Å². The molecule has 0 unspecified atom stereocenters. The van der Waals surface area contributed by atoms with Gasteiger partial charge in [0.2, 0.25) is 0 Å². The van der Waals surface area contributed by atoms with E-state index in [1.54, 1.807) is 16.9 Å². The molecule has 1 saturated carbocycles. The second kappa shape index (κ2) is 7.34. The highest BCUT2D eigenvalue weighted by atomic mass is 16.6. The molecule has 1 heterocycles. The molecule has 1 aliphatic rings. The normalized spacial score (nSPS) is 14.2. The largest absolute Gasteiger partial charge is 0.465 e. The van der Waals surface area contributed by atoms with E-state index in [2.05, 4.69) is 15.2 Å². The van der Waals surface area contributed by atoms with Gasteiger partial charge in [-0.05, 0) is 18.9 Å². The summed E-state index contributed by atoms with van der Waals surface area (Å²) >= 11 is 0. The van der Waals surface area contributed by atoms with E-state index in [1.165, 1.54) is 13.2 Å². The zero-order chi connectivity index (χ0) is 18.7. The van der Waals surface area contributed by atoms with Gasteiger partial charge in [0.05, 0.1) is 29.8 Å². The number of ether oxygens (including phenoxy) is 1. The van der Waals surface area contributed by atoms with Crippen LogP contribution in [-0.4, -0.2) is 33.7 Å². The average molecular weight is 358 g/mol. The molecule has 0 radical (unpaired) electrons. The van der Waals surface area contributed by atoms with Crippen LogP contribution in [0.2, 0.25) is 0 Å². The minimum absolute atomic E-state index is 0.00114. The van der Waals surface area contributed by atoms with Crippen LogP contribution in [0, 0.1) is 10.1 Å². The lowest BCUT2D eigenvalue weighted by Gasteiger charge is -2.14. The zero-order valence-electron chi connectivity index (χ0n) is 14.2. The van der Waals surface area contributed by atoms with E-state index < -0.39 is 16.8 Å². The van der Waals surface area contributed by atoms with Gasteiger partial charge in [-0.15, -0.1) is 0 Å². The fourth-order valence-corrected chi connectivity index (χ4v) is 3.12. The Hall–Kier alpha value is -3.23. The van der Waals surface area contributed by atoms with Gasteiger partial charge in [-0.25, -0.2) is 9.48 Å². The van der Waals surface area contributed by atoms with E-state index in [-0.39, 0.29) is 22.9 Å². The smallest absolute Gasteiger partial charge is 0.338 e. The van der Waals surface area contributed by atoms with Crippen LogP contribution >= 0.6 is 0 Å². The summed E-state index contributed by atoms with van der Waals surface area (Å²) in [7, 11) is 1.17. The molecule has 0 spiro atoms. The van der Waals surface area contributed by atoms with Crippen molar-refractivity contribution in [2.45, 2.75) is 31.7 Å². The molecular weight excluding hydrogens is 340 g/mol. The number of rotatable bonds is 5. The third-order valence-corrected chi connectivity index (χ3v) is 4.39. The molecule has 1 aromatic carbocycles. The second-order valence-corrected chi connectivity index (χ2v) is 6.07. The number of hydrogen-bond donors (Lipinski definition) is 1. The Morgan fingerprint density at radius 3 is 2.62 bits per heavy atom. The topological polar surface area (TPSA) is 116 Å². The molecule has 0 saturated heterocycles. The molecule has 1 aliphatic carbocycles. The molecule has 9 nitrogen and oxygen atoms in total. The van der Waals surface area contributed by atoms with Gasteiger partial charge in [0.15, 0.2) is 0 Å². The van der Waals surface area contributed by atoms with Crippen LogP contribution in [-0.2, 0) is 4.74 Å². The molecule has 0 bridgehead atoms. The molecule has 1 fully saturated rings. The zero-order valence-corrected chi connectivity index (χ0v) is 14.2.